The minimum absolute atomic E-state index is 1.04. The monoisotopic (exact) mass is 454 g/mol. The highest BCUT2D eigenvalue weighted by atomic mass is 32.1. The molecule has 0 saturated carbocycles. The van der Waals surface area contributed by atoms with Crippen molar-refractivity contribution < 1.29 is 0 Å². The second kappa shape index (κ2) is 7.82. The van der Waals surface area contributed by atoms with Crippen molar-refractivity contribution in [1.82, 2.24) is 9.55 Å². The average Bonchev–Trinajstić information content (AvgIpc) is 3.42. The molecule has 162 valence electrons. The van der Waals surface area contributed by atoms with Gasteiger partial charge in [0.25, 0.3) is 0 Å². The van der Waals surface area contributed by atoms with E-state index in [1.54, 1.807) is 0 Å². The Morgan fingerprint density at radius 2 is 1.59 bits per heavy atom. The summed E-state index contributed by atoms with van der Waals surface area (Å²) < 4.78 is 3.68. The summed E-state index contributed by atoms with van der Waals surface area (Å²) in [6.45, 7) is 0. The predicted octanol–water partition coefficient (Wildman–Crippen LogP) is 8.84. The van der Waals surface area contributed by atoms with Crippen molar-refractivity contribution in [3.8, 4) is 5.69 Å². The number of hydrogen-bond acceptors (Lipinski definition) is 2. The maximum Gasteiger partial charge on any atom is 0.124 e. The third-order valence-electron chi connectivity index (χ3n) is 6.67. The van der Waals surface area contributed by atoms with Crippen molar-refractivity contribution in [2.45, 2.75) is 12.8 Å². The van der Waals surface area contributed by atoms with Crippen molar-refractivity contribution in [3.63, 3.8) is 0 Å². The first-order valence-corrected chi connectivity index (χ1v) is 12.5. The molecule has 0 saturated heterocycles. The van der Waals surface area contributed by atoms with Crippen LogP contribution in [0.3, 0.4) is 0 Å². The molecule has 2 nitrogen and oxygen atoms in total. The van der Waals surface area contributed by atoms with E-state index in [9.17, 15) is 0 Å². The van der Waals surface area contributed by atoms with E-state index in [0.717, 1.165) is 23.4 Å². The van der Waals surface area contributed by atoms with Crippen LogP contribution < -0.4 is 0 Å². The van der Waals surface area contributed by atoms with Crippen LogP contribution in [-0.4, -0.2) is 9.55 Å². The molecule has 0 spiro atoms. The van der Waals surface area contributed by atoms with E-state index < -0.39 is 0 Å². The maximum absolute atomic E-state index is 5.06. The quantitative estimate of drug-likeness (QED) is 0.255. The summed E-state index contributed by atoms with van der Waals surface area (Å²) in [6.07, 6.45) is 13.1. The summed E-state index contributed by atoms with van der Waals surface area (Å²) >= 11 is 1.81. The molecule has 1 aliphatic carbocycles. The topological polar surface area (TPSA) is 17.8 Å². The van der Waals surface area contributed by atoms with E-state index in [4.69, 9.17) is 4.98 Å². The molecular formula is C31H22N2S. The molecule has 2 aromatic heterocycles. The van der Waals surface area contributed by atoms with Crippen LogP contribution in [-0.2, 0) is 0 Å². The lowest BCUT2D eigenvalue weighted by atomic mass is 10.1. The molecule has 3 heteroatoms. The van der Waals surface area contributed by atoms with Crippen molar-refractivity contribution in [1.29, 1.82) is 0 Å². The fourth-order valence-electron chi connectivity index (χ4n) is 5.12. The van der Waals surface area contributed by atoms with Crippen LogP contribution in [0.1, 0.15) is 17.8 Å². The van der Waals surface area contributed by atoms with Gasteiger partial charge in [0.1, 0.15) is 5.01 Å². The maximum atomic E-state index is 5.06. The summed E-state index contributed by atoms with van der Waals surface area (Å²) in [5, 5.41) is 6.17. The number of para-hydroxylation sites is 1. The molecule has 6 aromatic rings. The Labute approximate surface area is 201 Å². The van der Waals surface area contributed by atoms with Crippen LogP contribution in [0.2, 0.25) is 0 Å². The lowest BCUT2D eigenvalue weighted by Crippen LogP contribution is -1.94. The second-order valence-corrected chi connectivity index (χ2v) is 9.70. The Balaban J connectivity index is 1.56. The van der Waals surface area contributed by atoms with Gasteiger partial charge in [0.05, 0.1) is 26.9 Å². The number of aromatic nitrogens is 2. The summed E-state index contributed by atoms with van der Waals surface area (Å²) in [5.41, 5.74) is 5.96. The van der Waals surface area contributed by atoms with Gasteiger partial charge in [0.15, 0.2) is 0 Å². The molecule has 0 aliphatic heterocycles. The number of allylic oxidation sites excluding steroid dienone is 6. The van der Waals surface area contributed by atoms with Gasteiger partial charge < -0.3 is 4.57 Å². The number of thiazole rings is 1. The zero-order chi connectivity index (χ0) is 22.5. The third kappa shape index (κ3) is 2.98. The van der Waals surface area contributed by atoms with E-state index >= 15 is 0 Å². The first-order chi connectivity index (χ1) is 16.9. The molecule has 0 amide bonds. The highest BCUT2D eigenvalue weighted by Crippen LogP contribution is 2.41. The lowest BCUT2D eigenvalue weighted by molar-refractivity contribution is 1.05. The van der Waals surface area contributed by atoms with Crippen molar-refractivity contribution in [2.75, 3.05) is 0 Å². The zero-order valence-electron chi connectivity index (χ0n) is 18.6. The van der Waals surface area contributed by atoms with Gasteiger partial charge in [-0.15, -0.1) is 11.3 Å². The van der Waals surface area contributed by atoms with E-state index in [1.807, 2.05) is 11.3 Å². The van der Waals surface area contributed by atoms with Crippen LogP contribution in [0.25, 0.3) is 54.1 Å². The molecule has 7 rings (SSSR count). The fourth-order valence-corrected chi connectivity index (χ4v) is 6.26. The lowest BCUT2D eigenvalue weighted by Gasteiger charge is -2.11. The first kappa shape index (κ1) is 19.5. The van der Waals surface area contributed by atoms with Crippen molar-refractivity contribution >= 4 is 59.7 Å². The Bertz CT molecular complexity index is 1800. The highest BCUT2D eigenvalue weighted by molar-refractivity contribution is 7.20. The van der Waals surface area contributed by atoms with Gasteiger partial charge in [-0.1, -0.05) is 85.0 Å². The van der Waals surface area contributed by atoms with Gasteiger partial charge in [-0.3, -0.25) is 0 Å². The first-order valence-electron chi connectivity index (χ1n) is 11.7. The Morgan fingerprint density at radius 3 is 2.56 bits per heavy atom. The summed E-state index contributed by atoms with van der Waals surface area (Å²) in [6, 6.07) is 28.4. The van der Waals surface area contributed by atoms with Gasteiger partial charge in [0.2, 0.25) is 0 Å². The predicted molar refractivity (Wildman–Crippen MR) is 147 cm³/mol. The van der Waals surface area contributed by atoms with E-state index in [1.165, 1.54) is 48.5 Å². The van der Waals surface area contributed by atoms with Gasteiger partial charge in [-0.05, 0) is 42.5 Å². The Kier molecular flexibility index (Phi) is 4.49. The summed E-state index contributed by atoms with van der Waals surface area (Å²) in [7, 11) is 0. The van der Waals surface area contributed by atoms with E-state index in [0.29, 0.717) is 0 Å². The molecule has 34 heavy (non-hydrogen) atoms. The van der Waals surface area contributed by atoms with Crippen molar-refractivity contribution in [2.24, 2.45) is 0 Å². The van der Waals surface area contributed by atoms with Gasteiger partial charge in [0, 0.05) is 21.7 Å². The SMILES string of the molecule is C1=C/CC\C=C(c2nc3ccc4c(c5ccccc5n4-c4cccc5ccccc45)c3s2)/C=C\1. The molecule has 0 fully saturated rings. The minimum Gasteiger partial charge on any atom is -0.309 e. The molecule has 0 atom stereocenters. The summed E-state index contributed by atoms with van der Waals surface area (Å²) in [5.74, 6) is 0. The fraction of sp³-hybridized carbons (Fsp3) is 0.0645. The van der Waals surface area contributed by atoms with Crippen molar-refractivity contribution in [3.05, 3.63) is 114 Å². The smallest absolute Gasteiger partial charge is 0.124 e. The van der Waals surface area contributed by atoms with Gasteiger partial charge in [-0.2, -0.15) is 0 Å². The van der Waals surface area contributed by atoms with E-state index in [2.05, 4.69) is 114 Å². The number of hydrogen-bond donors (Lipinski definition) is 0. The molecule has 1 aliphatic rings. The van der Waals surface area contributed by atoms with E-state index in [-0.39, 0.29) is 0 Å². The molecule has 4 aromatic carbocycles. The van der Waals surface area contributed by atoms with Gasteiger partial charge >= 0.3 is 0 Å². The van der Waals surface area contributed by atoms with Crippen LogP contribution in [0.15, 0.2) is 109 Å². The molecule has 0 bridgehead atoms. The molecular weight excluding hydrogens is 432 g/mol. The number of rotatable bonds is 2. The Morgan fingerprint density at radius 1 is 0.735 bits per heavy atom. The average molecular weight is 455 g/mol. The van der Waals surface area contributed by atoms with Crippen LogP contribution >= 0.6 is 11.3 Å². The number of benzene rings is 4. The number of fused-ring (bicyclic) bond motifs is 6. The van der Waals surface area contributed by atoms with Crippen LogP contribution in [0, 0.1) is 0 Å². The second-order valence-electron chi connectivity index (χ2n) is 8.70. The summed E-state index contributed by atoms with van der Waals surface area (Å²) in [4.78, 5) is 5.06. The Hall–Kier alpha value is -3.95. The molecule has 0 radical (unpaired) electrons. The zero-order valence-corrected chi connectivity index (χ0v) is 19.4. The van der Waals surface area contributed by atoms with Gasteiger partial charge in [-0.25, -0.2) is 4.98 Å². The van der Waals surface area contributed by atoms with Crippen LogP contribution in [0.4, 0.5) is 0 Å². The largest absolute Gasteiger partial charge is 0.309 e. The third-order valence-corrected chi connectivity index (χ3v) is 7.80. The molecule has 2 heterocycles. The van der Waals surface area contributed by atoms with Crippen LogP contribution in [0.5, 0.6) is 0 Å². The molecule has 0 N–H and O–H groups in total. The molecule has 0 unspecified atom stereocenters. The highest BCUT2D eigenvalue weighted by Gasteiger charge is 2.18. The minimum atomic E-state index is 1.04. The normalized spacial score (nSPS) is 17.6. The number of nitrogens with zero attached hydrogens (tertiary/aromatic N) is 2. The standard InChI is InChI=1S/C31H22N2S/c1-2-4-12-22(13-5-3-1)31-32-25-19-20-28-29(30(25)34-31)24-16-8-9-17-27(24)33(28)26-18-10-14-21-11-6-7-15-23(21)26/h1-2,4,6-20H,3,5H2/b2-1-,12-4-,22-13+.